The fraction of sp³-hybridized carbons (Fsp3) is 0.438. The summed E-state index contributed by atoms with van der Waals surface area (Å²) in [6.07, 6.45) is 1.06. The summed E-state index contributed by atoms with van der Waals surface area (Å²) in [4.78, 5) is 0. The summed E-state index contributed by atoms with van der Waals surface area (Å²) < 4.78 is 3.19. The van der Waals surface area contributed by atoms with E-state index in [4.69, 9.17) is 0 Å². The molecule has 108 valence electrons. The Morgan fingerprint density at radius 2 is 1.90 bits per heavy atom. The first-order valence-electron chi connectivity index (χ1n) is 7.10. The van der Waals surface area contributed by atoms with E-state index < -0.39 is 0 Å². The van der Waals surface area contributed by atoms with Gasteiger partial charge in [0, 0.05) is 0 Å². The summed E-state index contributed by atoms with van der Waals surface area (Å²) in [7, 11) is 0. The highest BCUT2D eigenvalue weighted by atomic mass is 79.9. The quantitative estimate of drug-likeness (QED) is 0.819. The molecule has 0 aliphatic rings. The zero-order chi connectivity index (χ0) is 14.5. The molecule has 0 unspecified atom stereocenters. The minimum absolute atomic E-state index is 0.834. The fourth-order valence-electron chi connectivity index (χ4n) is 2.35. The molecule has 0 bridgehead atoms. The van der Waals surface area contributed by atoms with Gasteiger partial charge in [-0.2, -0.15) is 5.10 Å². The van der Waals surface area contributed by atoms with Crippen molar-refractivity contribution in [2.75, 3.05) is 13.1 Å². The Morgan fingerprint density at radius 1 is 1.20 bits per heavy atom. The van der Waals surface area contributed by atoms with Crippen LogP contribution in [0.25, 0.3) is 0 Å². The molecule has 20 heavy (non-hydrogen) atoms. The predicted molar refractivity (Wildman–Crippen MR) is 87.2 cm³/mol. The number of aryl methyl sites for hydroxylation is 1. The summed E-state index contributed by atoms with van der Waals surface area (Å²) >= 11 is 3.59. The molecule has 1 heterocycles. The van der Waals surface area contributed by atoms with Crippen LogP contribution in [0.15, 0.2) is 28.7 Å². The van der Waals surface area contributed by atoms with Gasteiger partial charge in [-0.1, -0.05) is 31.2 Å². The van der Waals surface area contributed by atoms with Gasteiger partial charge in [0.15, 0.2) is 0 Å². The topological polar surface area (TPSA) is 29.9 Å². The molecule has 0 amide bonds. The first-order chi connectivity index (χ1) is 9.63. The highest BCUT2D eigenvalue weighted by Crippen LogP contribution is 2.21. The van der Waals surface area contributed by atoms with Crippen LogP contribution in [0.1, 0.15) is 29.4 Å². The van der Waals surface area contributed by atoms with Gasteiger partial charge in [0.2, 0.25) is 0 Å². The van der Waals surface area contributed by atoms with E-state index in [2.05, 4.69) is 69.1 Å². The number of hydrogen-bond acceptors (Lipinski definition) is 2. The molecule has 1 aromatic carbocycles. The van der Waals surface area contributed by atoms with Crippen molar-refractivity contribution in [1.82, 2.24) is 15.1 Å². The van der Waals surface area contributed by atoms with E-state index in [0.29, 0.717) is 0 Å². The molecule has 1 N–H and O–H groups in total. The third kappa shape index (κ3) is 3.49. The van der Waals surface area contributed by atoms with Crippen LogP contribution in [0.3, 0.4) is 0 Å². The van der Waals surface area contributed by atoms with E-state index >= 15 is 0 Å². The molecule has 0 saturated carbocycles. The molecule has 0 saturated heterocycles. The average Bonchev–Trinajstić information content (AvgIpc) is 2.68. The molecule has 3 nitrogen and oxygen atoms in total. The maximum absolute atomic E-state index is 4.60. The van der Waals surface area contributed by atoms with Gasteiger partial charge in [-0.3, -0.25) is 4.68 Å². The van der Waals surface area contributed by atoms with Gasteiger partial charge < -0.3 is 5.32 Å². The summed E-state index contributed by atoms with van der Waals surface area (Å²) in [6, 6.07) is 8.63. The van der Waals surface area contributed by atoms with Crippen LogP contribution >= 0.6 is 15.9 Å². The minimum atomic E-state index is 0.834. The standard InChI is InChI=1S/C16H22BrN3/c1-4-18-10-9-14-7-5-6-8-15(14)11-20-13(3)16(17)12(2)19-20/h5-8,18H,4,9-11H2,1-3H3. The number of likely N-dealkylation sites (N-methyl/N-ethyl adjacent to an activating group) is 1. The van der Waals surface area contributed by atoms with Gasteiger partial charge in [0.1, 0.15) is 0 Å². The molecule has 2 aromatic rings. The van der Waals surface area contributed by atoms with Crippen LogP contribution in [0, 0.1) is 13.8 Å². The predicted octanol–water partition coefficient (Wildman–Crippen LogP) is 3.46. The second-order valence-corrected chi connectivity index (χ2v) is 5.81. The zero-order valence-corrected chi connectivity index (χ0v) is 14.0. The van der Waals surface area contributed by atoms with Crippen molar-refractivity contribution in [3.63, 3.8) is 0 Å². The van der Waals surface area contributed by atoms with E-state index in [-0.39, 0.29) is 0 Å². The number of nitrogens with zero attached hydrogens (tertiary/aromatic N) is 2. The highest BCUT2D eigenvalue weighted by molar-refractivity contribution is 9.10. The maximum Gasteiger partial charge on any atom is 0.0738 e. The van der Waals surface area contributed by atoms with Crippen molar-refractivity contribution in [3.8, 4) is 0 Å². The second kappa shape index (κ2) is 7.04. The summed E-state index contributed by atoms with van der Waals surface area (Å²) in [6.45, 7) is 9.15. The molecular weight excluding hydrogens is 314 g/mol. The smallest absolute Gasteiger partial charge is 0.0738 e. The van der Waals surface area contributed by atoms with Crippen LogP contribution < -0.4 is 5.32 Å². The van der Waals surface area contributed by atoms with E-state index in [9.17, 15) is 0 Å². The Hall–Kier alpha value is -1.13. The van der Waals surface area contributed by atoms with E-state index in [1.54, 1.807) is 0 Å². The van der Waals surface area contributed by atoms with E-state index in [1.807, 2.05) is 6.92 Å². The number of benzene rings is 1. The molecule has 2 rings (SSSR count). The van der Waals surface area contributed by atoms with E-state index in [1.165, 1.54) is 16.8 Å². The Morgan fingerprint density at radius 3 is 2.50 bits per heavy atom. The molecule has 0 fully saturated rings. The molecule has 0 radical (unpaired) electrons. The lowest BCUT2D eigenvalue weighted by Crippen LogP contribution is -2.17. The van der Waals surface area contributed by atoms with E-state index in [0.717, 1.165) is 36.2 Å². The van der Waals surface area contributed by atoms with Gasteiger partial charge in [-0.05, 0) is 60.4 Å². The summed E-state index contributed by atoms with van der Waals surface area (Å²) in [5.41, 5.74) is 4.98. The highest BCUT2D eigenvalue weighted by Gasteiger charge is 2.10. The summed E-state index contributed by atoms with van der Waals surface area (Å²) in [5.74, 6) is 0. The Labute approximate surface area is 129 Å². The van der Waals surface area contributed by atoms with Gasteiger partial charge in [-0.25, -0.2) is 0 Å². The Balaban J connectivity index is 2.18. The number of hydrogen-bond donors (Lipinski definition) is 1. The minimum Gasteiger partial charge on any atom is -0.317 e. The summed E-state index contributed by atoms with van der Waals surface area (Å²) in [5, 5.41) is 7.98. The lowest BCUT2D eigenvalue weighted by Gasteiger charge is -2.11. The lowest BCUT2D eigenvalue weighted by atomic mass is 10.0. The SMILES string of the molecule is CCNCCc1ccccc1Cn1nc(C)c(Br)c1C. The number of rotatable bonds is 6. The van der Waals surface area contributed by atoms with Crippen molar-refractivity contribution < 1.29 is 0 Å². The molecule has 0 spiro atoms. The average molecular weight is 336 g/mol. The number of aromatic nitrogens is 2. The molecule has 0 aliphatic heterocycles. The lowest BCUT2D eigenvalue weighted by molar-refractivity contribution is 0.648. The van der Waals surface area contributed by atoms with Crippen molar-refractivity contribution >= 4 is 15.9 Å². The monoisotopic (exact) mass is 335 g/mol. The third-order valence-corrected chi connectivity index (χ3v) is 4.70. The molecule has 0 atom stereocenters. The maximum atomic E-state index is 4.60. The zero-order valence-electron chi connectivity index (χ0n) is 12.4. The normalized spacial score (nSPS) is 11.0. The van der Waals surface area contributed by atoms with Crippen LogP contribution in [-0.2, 0) is 13.0 Å². The van der Waals surface area contributed by atoms with Gasteiger partial charge in [0.05, 0.1) is 22.4 Å². The van der Waals surface area contributed by atoms with Gasteiger partial charge >= 0.3 is 0 Å². The second-order valence-electron chi connectivity index (χ2n) is 5.01. The van der Waals surface area contributed by atoms with Crippen LogP contribution in [-0.4, -0.2) is 22.9 Å². The Kier molecular flexibility index (Phi) is 5.38. The van der Waals surface area contributed by atoms with Crippen molar-refractivity contribution in [1.29, 1.82) is 0 Å². The molecule has 1 aromatic heterocycles. The van der Waals surface area contributed by atoms with Crippen molar-refractivity contribution in [2.45, 2.75) is 33.7 Å². The van der Waals surface area contributed by atoms with Crippen molar-refractivity contribution in [3.05, 3.63) is 51.3 Å². The Bertz CT molecular complexity index is 575. The molecular formula is C16H22BrN3. The van der Waals surface area contributed by atoms with Crippen molar-refractivity contribution in [2.24, 2.45) is 0 Å². The number of halogens is 1. The van der Waals surface area contributed by atoms with Crippen LogP contribution in [0.4, 0.5) is 0 Å². The molecule has 4 heteroatoms. The largest absolute Gasteiger partial charge is 0.317 e. The first kappa shape index (κ1) is 15.3. The third-order valence-electron chi connectivity index (χ3n) is 3.55. The molecule has 0 aliphatic carbocycles. The van der Waals surface area contributed by atoms with Crippen LogP contribution in [0.2, 0.25) is 0 Å². The van der Waals surface area contributed by atoms with Crippen LogP contribution in [0.5, 0.6) is 0 Å². The number of nitrogens with one attached hydrogen (secondary N) is 1. The van der Waals surface area contributed by atoms with Gasteiger partial charge in [0.25, 0.3) is 0 Å². The van der Waals surface area contributed by atoms with Gasteiger partial charge in [-0.15, -0.1) is 0 Å². The first-order valence-corrected chi connectivity index (χ1v) is 7.89. The fourth-order valence-corrected chi connectivity index (χ4v) is 2.63.